The van der Waals surface area contributed by atoms with Crippen LogP contribution in [0.4, 0.5) is 0 Å². The molecule has 2 N–H and O–H groups in total. The van der Waals surface area contributed by atoms with E-state index in [1.165, 1.54) is 64.2 Å². The normalized spacial score (nSPS) is 43.2. The molecule has 0 amide bonds. The van der Waals surface area contributed by atoms with Gasteiger partial charge < -0.3 is 10.5 Å². The van der Waals surface area contributed by atoms with Crippen molar-refractivity contribution in [3.8, 4) is 0 Å². The van der Waals surface area contributed by atoms with Gasteiger partial charge in [-0.05, 0) is 97.7 Å². The first-order valence-corrected chi connectivity index (χ1v) is 13.8. The Morgan fingerprint density at radius 1 is 1.03 bits per heavy atom. The van der Waals surface area contributed by atoms with Crippen molar-refractivity contribution < 1.29 is 4.74 Å². The third-order valence-electron chi connectivity index (χ3n) is 10.7. The molecule has 4 aliphatic carbocycles. The fourth-order valence-electron chi connectivity index (χ4n) is 9.03. The maximum atomic E-state index is 6.07. The summed E-state index contributed by atoms with van der Waals surface area (Å²) in [5.41, 5.74) is 8.46. The maximum Gasteiger partial charge on any atom is 0.0613 e. The summed E-state index contributed by atoms with van der Waals surface area (Å²) in [5, 5.41) is 0. The molecule has 0 radical (unpaired) electrons. The van der Waals surface area contributed by atoms with Gasteiger partial charge in [0.05, 0.1) is 12.7 Å². The van der Waals surface area contributed by atoms with Gasteiger partial charge in [0.1, 0.15) is 0 Å². The number of rotatable bonds is 8. The lowest BCUT2D eigenvalue weighted by Crippen LogP contribution is -2.51. The van der Waals surface area contributed by atoms with E-state index in [-0.39, 0.29) is 0 Å². The number of allylic oxidation sites excluding steroid dienone is 1. The first-order chi connectivity index (χ1) is 14.8. The van der Waals surface area contributed by atoms with Crippen LogP contribution in [-0.4, -0.2) is 19.3 Å². The van der Waals surface area contributed by atoms with Crippen molar-refractivity contribution in [3.63, 3.8) is 0 Å². The molecule has 0 aliphatic heterocycles. The van der Waals surface area contributed by atoms with Crippen LogP contribution in [0.3, 0.4) is 0 Å². The van der Waals surface area contributed by atoms with Crippen LogP contribution in [0.2, 0.25) is 0 Å². The van der Waals surface area contributed by atoms with E-state index in [0.29, 0.717) is 23.5 Å². The van der Waals surface area contributed by atoms with Gasteiger partial charge in [0, 0.05) is 6.54 Å². The standard InChI is InChI=1S/C29H51NO/c1-20(2)7-6-8-21(3)25-11-12-26-24-10-9-22-19-23(31-18-17-30)13-15-28(22,4)27(24)14-16-29(25,26)5/h9,20-21,23-27H,6-8,10-19,30H2,1-5H3/t21-,23?,24+,25-,26+,27+,28+,29-/m1/s1. The zero-order valence-corrected chi connectivity index (χ0v) is 21.3. The Bertz CT molecular complexity index is 641. The summed E-state index contributed by atoms with van der Waals surface area (Å²) in [6.45, 7) is 14.0. The van der Waals surface area contributed by atoms with E-state index < -0.39 is 0 Å². The van der Waals surface area contributed by atoms with Crippen molar-refractivity contribution in [2.45, 2.75) is 111 Å². The molecule has 1 unspecified atom stereocenters. The van der Waals surface area contributed by atoms with E-state index >= 15 is 0 Å². The zero-order valence-electron chi connectivity index (χ0n) is 21.3. The lowest BCUT2D eigenvalue weighted by Gasteiger charge is -2.58. The van der Waals surface area contributed by atoms with Gasteiger partial charge in [-0.25, -0.2) is 0 Å². The van der Waals surface area contributed by atoms with Gasteiger partial charge >= 0.3 is 0 Å². The molecular formula is C29H51NO. The highest BCUT2D eigenvalue weighted by Gasteiger charge is 2.59. The highest BCUT2D eigenvalue weighted by atomic mass is 16.5. The number of hydrogen-bond donors (Lipinski definition) is 1. The molecule has 31 heavy (non-hydrogen) atoms. The van der Waals surface area contributed by atoms with Crippen LogP contribution < -0.4 is 5.73 Å². The molecule has 0 spiro atoms. The van der Waals surface area contributed by atoms with Crippen molar-refractivity contribution >= 4 is 0 Å². The molecule has 3 saturated carbocycles. The largest absolute Gasteiger partial charge is 0.377 e. The first kappa shape index (κ1) is 23.8. The second kappa shape index (κ2) is 9.49. The molecule has 8 atom stereocenters. The summed E-state index contributed by atoms with van der Waals surface area (Å²) in [7, 11) is 0. The quantitative estimate of drug-likeness (QED) is 0.409. The molecule has 4 aliphatic rings. The molecule has 0 aromatic rings. The van der Waals surface area contributed by atoms with Crippen LogP contribution in [0.25, 0.3) is 0 Å². The fraction of sp³-hybridized carbons (Fsp3) is 0.931. The van der Waals surface area contributed by atoms with Crippen LogP contribution >= 0.6 is 0 Å². The van der Waals surface area contributed by atoms with Gasteiger partial charge in [-0.15, -0.1) is 0 Å². The van der Waals surface area contributed by atoms with Crippen LogP contribution in [-0.2, 0) is 4.74 Å². The van der Waals surface area contributed by atoms with Gasteiger partial charge in [-0.3, -0.25) is 0 Å². The van der Waals surface area contributed by atoms with E-state index in [0.717, 1.165) is 48.5 Å². The molecule has 4 rings (SSSR count). The lowest BCUT2D eigenvalue weighted by molar-refractivity contribution is -0.0634. The molecule has 3 fully saturated rings. The highest BCUT2D eigenvalue weighted by Crippen LogP contribution is 2.67. The smallest absolute Gasteiger partial charge is 0.0613 e. The molecule has 0 aromatic carbocycles. The molecule has 0 saturated heterocycles. The van der Waals surface area contributed by atoms with Crippen molar-refractivity contribution in [1.82, 2.24) is 0 Å². The summed E-state index contributed by atoms with van der Waals surface area (Å²) in [4.78, 5) is 0. The van der Waals surface area contributed by atoms with E-state index in [1.54, 1.807) is 5.57 Å². The Morgan fingerprint density at radius 3 is 2.58 bits per heavy atom. The van der Waals surface area contributed by atoms with Gasteiger partial charge in [-0.1, -0.05) is 65.5 Å². The van der Waals surface area contributed by atoms with Crippen molar-refractivity contribution in [2.24, 2.45) is 52.1 Å². The minimum absolute atomic E-state index is 0.413. The number of hydrogen-bond acceptors (Lipinski definition) is 2. The summed E-state index contributed by atoms with van der Waals surface area (Å²) in [6, 6.07) is 0. The summed E-state index contributed by atoms with van der Waals surface area (Å²) >= 11 is 0. The molecular weight excluding hydrogens is 378 g/mol. The third-order valence-corrected chi connectivity index (χ3v) is 10.7. The minimum Gasteiger partial charge on any atom is -0.377 e. The molecule has 178 valence electrons. The van der Waals surface area contributed by atoms with Gasteiger partial charge in [0.25, 0.3) is 0 Å². The van der Waals surface area contributed by atoms with E-state index in [4.69, 9.17) is 10.5 Å². The Labute approximate surface area is 193 Å². The van der Waals surface area contributed by atoms with Gasteiger partial charge in [0.15, 0.2) is 0 Å². The Morgan fingerprint density at radius 2 is 1.84 bits per heavy atom. The molecule has 0 bridgehead atoms. The fourth-order valence-corrected chi connectivity index (χ4v) is 9.03. The van der Waals surface area contributed by atoms with E-state index in [9.17, 15) is 0 Å². The Kier molecular flexibility index (Phi) is 7.29. The van der Waals surface area contributed by atoms with Crippen LogP contribution in [0.1, 0.15) is 105 Å². The van der Waals surface area contributed by atoms with Gasteiger partial charge in [0.2, 0.25) is 0 Å². The second-order valence-electron chi connectivity index (χ2n) is 12.8. The zero-order chi connectivity index (χ0) is 22.2. The van der Waals surface area contributed by atoms with E-state index in [2.05, 4.69) is 40.7 Å². The van der Waals surface area contributed by atoms with E-state index in [1.807, 2.05) is 0 Å². The lowest BCUT2D eigenvalue weighted by atomic mass is 9.47. The Hall–Kier alpha value is -0.340. The molecule has 2 nitrogen and oxygen atoms in total. The maximum absolute atomic E-state index is 6.07. The number of fused-ring (bicyclic) bond motifs is 5. The third kappa shape index (κ3) is 4.42. The van der Waals surface area contributed by atoms with Crippen LogP contribution in [0.15, 0.2) is 11.6 Å². The predicted molar refractivity (Wildman–Crippen MR) is 132 cm³/mol. The van der Waals surface area contributed by atoms with Gasteiger partial charge in [-0.2, -0.15) is 0 Å². The number of nitrogens with two attached hydrogens (primary N) is 1. The van der Waals surface area contributed by atoms with Crippen LogP contribution in [0, 0.1) is 46.3 Å². The summed E-state index contributed by atoms with van der Waals surface area (Å²) in [5.74, 6) is 5.53. The molecule has 0 aromatic heterocycles. The summed E-state index contributed by atoms with van der Waals surface area (Å²) in [6.07, 6.45) is 18.4. The highest BCUT2D eigenvalue weighted by molar-refractivity contribution is 5.25. The average Bonchev–Trinajstić information content (AvgIpc) is 3.09. The van der Waals surface area contributed by atoms with Crippen molar-refractivity contribution in [3.05, 3.63) is 11.6 Å². The van der Waals surface area contributed by atoms with Crippen molar-refractivity contribution in [2.75, 3.05) is 13.2 Å². The monoisotopic (exact) mass is 429 g/mol. The topological polar surface area (TPSA) is 35.2 Å². The summed E-state index contributed by atoms with van der Waals surface area (Å²) < 4.78 is 6.07. The predicted octanol–water partition coefficient (Wildman–Crippen LogP) is 7.37. The molecule has 2 heteroatoms. The number of ether oxygens (including phenoxy) is 1. The van der Waals surface area contributed by atoms with Crippen LogP contribution in [0.5, 0.6) is 0 Å². The first-order valence-electron chi connectivity index (χ1n) is 13.8. The van der Waals surface area contributed by atoms with Crippen molar-refractivity contribution in [1.29, 1.82) is 0 Å². The average molecular weight is 430 g/mol. The SMILES string of the molecule is CC(C)CCC[C@@H](C)[C@H]1CC[C@H]2[C@@H]3CC=C4CC(OCCN)CC[C@]4(C)[C@H]3CC[C@]12C. The second-order valence-corrected chi connectivity index (χ2v) is 12.8. The Balaban J connectivity index is 1.45. The molecule has 0 heterocycles. The minimum atomic E-state index is 0.413.